The molecule has 0 spiro atoms. The average molecular weight is 262 g/mol. The lowest BCUT2D eigenvalue weighted by Crippen LogP contribution is -2.38. The molecule has 0 atom stereocenters. The van der Waals surface area contributed by atoms with Crippen LogP contribution in [0.5, 0.6) is 0 Å². The molecule has 0 saturated heterocycles. The highest BCUT2D eigenvalue weighted by molar-refractivity contribution is 5.78. The van der Waals surface area contributed by atoms with E-state index in [1.54, 1.807) is 6.08 Å². The number of benzene rings is 1. The lowest BCUT2D eigenvalue weighted by Gasteiger charge is -2.18. The van der Waals surface area contributed by atoms with E-state index in [0.29, 0.717) is 19.6 Å². The van der Waals surface area contributed by atoms with Crippen molar-refractivity contribution in [3.05, 3.63) is 48.0 Å². The molecule has 0 bridgehead atoms. The van der Waals surface area contributed by atoms with Gasteiger partial charge in [-0.25, -0.2) is 0 Å². The molecule has 1 aromatic rings. The summed E-state index contributed by atoms with van der Waals surface area (Å²) in [5, 5.41) is 11.8. The lowest BCUT2D eigenvalue weighted by atomic mass is 10.1. The molecular weight excluding hydrogens is 240 g/mol. The fourth-order valence-corrected chi connectivity index (χ4v) is 1.84. The Labute approximate surface area is 114 Å². The summed E-state index contributed by atoms with van der Waals surface area (Å²) >= 11 is 0. The Morgan fingerprint density at radius 2 is 2.32 bits per heavy atom. The zero-order chi connectivity index (χ0) is 14.1. The molecular formula is C15H22N2O2. The average Bonchev–Trinajstić information content (AvgIpc) is 2.37. The van der Waals surface area contributed by atoms with Crippen molar-refractivity contribution in [3.63, 3.8) is 0 Å². The molecule has 0 aliphatic heterocycles. The molecule has 2 N–H and O–H groups in total. The number of hydrogen-bond acceptors (Lipinski definition) is 3. The number of amides is 1. The zero-order valence-corrected chi connectivity index (χ0v) is 11.4. The van der Waals surface area contributed by atoms with Crippen LogP contribution in [0, 0.1) is 6.92 Å². The van der Waals surface area contributed by atoms with Gasteiger partial charge in [0, 0.05) is 19.6 Å². The number of nitrogens with one attached hydrogen (secondary N) is 1. The van der Waals surface area contributed by atoms with E-state index in [1.807, 2.05) is 30.0 Å². The Bertz CT molecular complexity index is 418. The van der Waals surface area contributed by atoms with Crippen LogP contribution in [0.1, 0.15) is 11.1 Å². The standard InChI is InChI=1S/C15H22N2O2/c1-3-7-17(8-9-18)12-15(19)16-11-14-6-4-5-13(2)10-14/h3-6,10,18H,1,7-9,11-12H2,2H3,(H,16,19). The molecule has 104 valence electrons. The fraction of sp³-hybridized carbons (Fsp3) is 0.400. The minimum Gasteiger partial charge on any atom is -0.395 e. The SMILES string of the molecule is C=CCN(CCO)CC(=O)NCc1cccc(C)c1. The highest BCUT2D eigenvalue weighted by Gasteiger charge is 2.08. The maximum absolute atomic E-state index is 11.8. The first-order valence-electron chi connectivity index (χ1n) is 6.42. The normalized spacial score (nSPS) is 10.5. The number of aryl methyl sites for hydroxylation is 1. The fourth-order valence-electron chi connectivity index (χ4n) is 1.84. The second-order valence-corrected chi connectivity index (χ2v) is 4.51. The van der Waals surface area contributed by atoms with E-state index in [2.05, 4.69) is 18.0 Å². The number of hydrogen-bond donors (Lipinski definition) is 2. The van der Waals surface area contributed by atoms with Gasteiger partial charge in [0.1, 0.15) is 0 Å². The molecule has 19 heavy (non-hydrogen) atoms. The number of carbonyl (C=O) groups excluding carboxylic acids is 1. The van der Waals surface area contributed by atoms with Crippen LogP contribution in [-0.2, 0) is 11.3 Å². The summed E-state index contributed by atoms with van der Waals surface area (Å²) in [6.45, 7) is 7.58. The molecule has 0 aromatic heterocycles. The second-order valence-electron chi connectivity index (χ2n) is 4.51. The van der Waals surface area contributed by atoms with Crippen LogP contribution in [-0.4, -0.2) is 42.2 Å². The van der Waals surface area contributed by atoms with Gasteiger partial charge < -0.3 is 10.4 Å². The van der Waals surface area contributed by atoms with Crippen LogP contribution in [0.15, 0.2) is 36.9 Å². The van der Waals surface area contributed by atoms with Gasteiger partial charge in [0.15, 0.2) is 0 Å². The van der Waals surface area contributed by atoms with Gasteiger partial charge in [0.05, 0.1) is 13.2 Å². The first-order valence-corrected chi connectivity index (χ1v) is 6.42. The van der Waals surface area contributed by atoms with Crippen molar-refractivity contribution in [3.8, 4) is 0 Å². The van der Waals surface area contributed by atoms with E-state index in [1.165, 1.54) is 5.56 Å². The molecule has 4 heteroatoms. The quantitative estimate of drug-likeness (QED) is 0.690. The Kier molecular flexibility index (Phi) is 6.85. The Morgan fingerprint density at radius 1 is 1.53 bits per heavy atom. The monoisotopic (exact) mass is 262 g/mol. The van der Waals surface area contributed by atoms with Crippen LogP contribution >= 0.6 is 0 Å². The van der Waals surface area contributed by atoms with Gasteiger partial charge in [-0.1, -0.05) is 35.9 Å². The van der Waals surface area contributed by atoms with E-state index in [9.17, 15) is 4.79 Å². The predicted molar refractivity (Wildman–Crippen MR) is 76.7 cm³/mol. The van der Waals surface area contributed by atoms with Crippen molar-refractivity contribution in [2.45, 2.75) is 13.5 Å². The zero-order valence-electron chi connectivity index (χ0n) is 11.4. The van der Waals surface area contributed by atoms with Gasteiger partial charge in [0.25, 0.3) is 0 Å². The number of aliphatic hydroxyl groups excluding tert-OH is 1. The maximum Gasteiger partial charge on any atom is 0.234 e. The third kappa shape index (κ3) is 6.18. The lowest BCUT2D eigenvalue weighted by molar-refractivity contribution is -0.122. The summed E-state index contributed by atoms with van der Waals surface area (Å²) in [7, 11) is 0. The summed E-state index contributed by atoms with van der Waals surface area (Å²) in [6, 6.07) is 8.04. The van der Waals surface area contributed by atoms with Gasteiger partial charge >= 0.3 is 0 Å². The van der Waals surface area contributed by atoms with Crippen molar-refractivity contribution in [2.75, 3.05) is 26.2 Å². The molecule has 0 saturated carbocycles. The van der Waals surface area contributed by atoms with Crippen molar-refractivity contribution in [2.24, 2.45) is 0 Å². The molecule has 0 fully saturated rings. The minimum atomic E-state index is -0.0446. The largest absolute Gasteiger partial charge is 0.395 e. The number of aliphatic hydroxyl groups is 1. The molecule has 1 amide bonds. The molecule has 0 heterocycles. The molecule has 0 aliphatic rings. The van der Waals surface area contributed by atoms with Crippen molar-refractivity contribution >= 4 is 5.91 Å². The van der Waals surface area contributed by atoms with E-state index in [0.717, 1.165) is 5.56 Å². The molecule has 0 aliphatic carbocycles. The number of carbonyl (C=O) groups is 1. The summed E-state index contributed by atoms with van der Waals surface area (Å²) in [6.07, 6.45) is 1.73. The predicted octanol–water partition coefficient (Wildman–Crippen LogP) is 1.09. The highest BCUT2D eigenvalue weighted by Crippen LogP contribution is 2.03. The molecule has 0 radical (unpaired) electrons. The van der Waals surface area contributed by atoms with E-state index in [-0.39, 0.29) is 19.1 Å². The maximum atomic E-state index is 11.8. The third-order valence-corrected chi connectivity index (χ3v) is 2.74. The summed E-state index contributed by atoms with van der Waals surface area (Å²) in [5.41, 5.74) is 2.27. The van der Waals surface area contributed by atoms with Crippen molar-refractivity contribution in [1.82, 2.24) is 10.2 Å². The van der Waals surface area contributed by atoms with E-state index < -0.39 is 0 Å². The minimum absolute atomic E-state index is 0.0407. The molecule has 0 unspecified atom stereocenters. The third-order valence-electron chi connectivity index (χ3n) is 2.74. The van der Waals surface area contributed by atoms with Gasteiger partial charge in [-0.05, 0) is 12.5 Å². The number of rotatable bonds is 8. The van der Waals surface area contributed by atoms with Gasteiger partial charge in [-0.3, -0.25) is 9.69 Å². The van der Waals surface area contributed by atoms with Crippen molar-refractivity contribution in [1.29, 1.82) is 0 Å². The summed E-state index contributed by atoms with van der Waals surface area (Å²) in [4.78, 5) is 13.6. The molecule has 1 aromatic carbocycles. The van der Waals surface area contributed by atoms with Crippen LogP contribution < -0.4 is 5.32 Å². The smallest absolute Gasteiger partial charge is 0.234 e. The van der Waals surface area contributed by atoms with E-state index in [4.69, 9.17) is 5.11 Å². The van der Waals surface area contributed by atoms with Crippen LogP contribution in [0.25, 0.3) is 0 Å². The van der Waals surface area contributed by atoms with Gasteiger partial charge in [-0.15, -0.1) is 6.58 Å². The summed E-state index contributed by atoms with van der Waals surface area (Å²) < 4.78 is 0. The van der Waals surface area contributed by atoms with Gasteiger partial charge in [-0.2, -0.15) is 0 Å². The van der Waals surface area contributed by atoms with Crippen LogP contribution in [0.4, 0.5) is 0 Å². The first kappa shape index (κ1) is 15.4. The van der Waals surface area contributed by atoms with E-state index >= 15 is 0 Å². The number of nitrogens with zero attached hydrogens (tertiary/aromatic N) is 1. The van der Waals surface area contributed by atoms with Gasteiger partial charge in [0.2, 0.25) is 5.91 Å². The van der Waals surface area contributed by atoms with Crippen LogP contribution in [0.2, 0.25) is 0 Å². The first-order chi connectivity index (χ1) is 9.15. The summed E-state index contributed by atoms with van der Waals surface area (Å²) in [5.74, 6) is -0.0446. The Morgan fingerprint density at radius 3 is 2.95 bits per heavy atom. The topological polar surface area (TPSA) is 52.6 Å². The van der Waals surface area contributed by atoms with Crippen LogP contribution in [0.3, 0.4) is 0 Å². The molecule has 4 nitrogen and oxygen atoms in total. The Hall–Kier alpha value is -1.65. The second kappa shape index (κ2) is 8.45. The Balaban J connectivity index is 2.39. The highest BCUT2D eigenvalue weighted by atomic mass is 16.3. The molecule has 1 rings (SSSR count). The van der Waals surface area contributed by atoms with Crippen molar-refractivity contribution < 1.29 is 9.90 Å².